The molecule has 10 nitrogen and oxygen atoms in total. The second-order valence-corrected chi connectivity index (χ2v) is 11.5. The minimum Gasteiger partial charge on any atom is -0.369 e. The molecule has 0 atom stereocenters. The molecule has 0 bridgehead atoms. The molecule has 0 spiro atoms. The molecule has 1 amide bonds. The van der Waals surface area contributed by atoms with E-state index in [0.717, 1.165) is 11.5 Å². The normalized spacial score (nSPS) is 17.3. The average molecular weight is 524 g/mol. The molecule has 0 radical (unpaired) electrons. The van der Waals surface area contributed by atoms with Crippen molar-refractivity contribution in [2.24, 2.45) is 7.05 Å². The van der Waals surface area contributed by atoms with Crippen LogP contribution in [0.1, 0.15) is 21.5 Å². The van der Waals surface area contributed by atoms with Crippen molar-refractivity contribution in [1.82, 2.24) is 24.0 Å². The summed E-state index contributed by atoms with van der Waals surface area (Å²) in [5.41, 5.74) is 3.61. The van der Waals surface area contributed by atoms with Crippen LogP contribution in [0.3, 0.4) is 0 Å². The fraction of sp³-hybridized carbons (Fsp3) is 0.423. The molecule has 1 aromatic carbocycles. The Kier molecular flexibility index (Phi) is 6.91. The van der Waals surface area contributed by atoms with E-state index in [-0.39, 0.29) is 16.5 Å². The van der Waals surface area contributed by atoms with Crippen LogP contribution in [0.5, 0.6) is 0 Å². The van der Waals surface area contributed by atoms with E-state index in [1.165, 1.54) is 26.3 Å². The summed E-state index contributed by atoms with van der Waals surface area (Å²) in [5, 5.41) is 4.08. The van der Waals surface area contributed by atoms with Gasteiger partial charge in [0.1, 0.15) is 5.82 Å². The van der Waals surface area contributed by atoms with E-state index < -0.39 is 10.0 Å². The Balaban J connectivity index is 1.29. The topological polar surface area (TPSA) is 94.9 Å². The van der Waals surface area contributed by atoms with Crippen molar-refractivity contribution in [2.75, 3.05) is 62.2 Å². The Morgan fingerprint density at radius 2 is 1.59 bits per heavy atom. The summed E-state index contributed by atoms with van der Waals surface area (Å²) < 4.78 is 30.2. The molecule has 2 aliphatic rings. The van der Waals surface area contributed by atoms with Crippen LogP contribution >= 0.6 is 0 Å². The van der Waals surface area contributed by atoms with E-state index >= 15 is 0 Å². The maximum atomic E-state index is 13.7. The minimum atomic E-state index is -3.93. The third kappa shape index (κ3) is 5.05. The van der Waals surface area contributed by atoms with Gasteiger partial charge in [-0.3, -0.25) is 9.48 Å². The summed E-state index contributed by atoms with van der Waals surface area (Å²) in [6, 6.07) is 12.1. The molecule has 11 heteroatoms. The number of carbonyl (C=O) groups excluding carboxylic acids is 1. The van der Waals surface area contributed by atoms with Crippen LogP contribution in [0.2, 0.25) is 0 Å². The largest absolute Gasteiger partial charge is 0.369 e. The number of anilines is 2. The smallest absolute Gasteiger partial charge is 0.263 e. The van der Waals surface area contributed by atoms with Gasteiger partial charge < -0.3 is 14.7 Å². The number of sulfonamides is 1. The van der Waals surface area contributed by atoms with Crippen LogP contribution in [0.4, 0.5) is 11.5 Å². The van der Waals surface area contributed by atoms with Gasteiger partial charge in [0.05, 0.1) is 5.56 Å². The fourth-order valence-corrected chi connectivity index (χ4v) is 6.55. The highest BCUT2D eigenvalue weighted by Gasteiger charge is 2.36. The van der Waals surface area contributed by atoms with Crippen molar-refractivity contribution < 1.29 is 13.2 Å². The van der Waals surface area contributed by atoms with Crippen molar-refractivity contribution in [3.8, 4) is 0 Å². The standard InChI is InChI=1S/C26H33N7O3S/c1-20-7-8-21(2)23(18-20)30-14-16-33(17-15-30)37(35,36)25-22(19-29(3)28-25)26(34)32-12-10-31(11-13-32)24-6-4-5-9-27-24/h4-9,18-19H,10-17H2,1-3H3. The average Bonchev–Trinajstić information content (AvgIpc) is 3.33. The third-order valence-corrected chi connectivity index (χ3v) is 8.93. The van der Waals surface area contributed by atoms with Crippen LogP contribution in [0, 0.1) is 13.8 Å². The molecule has 37 heavy (non-hydrogen) atoms. The number of hydrogen-bond donors (Lipinski definition) is 0. The van der Waals surface area contributed by atoms with Gasteiger partial charge in [0.15, 0.2) is 0 Å². The first-order valence-electron chi connectivity index (χ1n) is 12.6. The number of hydrogen-bond acceptors (Lipinski definition) is 7. The molecule has 2 aliphatic heterocycles. The predicted molar refractivity (Wildman–Crippen MR) is 142 cm³/mol. The Labute approximate surface area is 218 Å². The summed E-state index contributed by atoms with van der Waals surface area (Å²) >= 11 is 0. The number of benzene rings is 1. The van der Waals surface area contributed by atoms with Crippen molar-refractivity contribution in [1.29, 1.82) is 0 Å². The molecule has 2 fully saturated rings. The van der Waals surface area contributed by atoms with E-state index in [4.69, 9.17) is 0 Å². The lowest BCUT2D eigenvalue weighted by atomic mass is 10.1. The number of amides is 1. The lowest BCUT2D eigenvalue weighted by Gasteiger charge is -2.36. The molecule has 3 aromatic rings. The summed E-state index contributed by atoms with van der Waals surface area (Å²) in [5.74, 6) is 0.570. The van der Waals surface area contributed by atoms with E-state index in [1.807, 2.05) is 18.2 Å². The molecule has 0 N–H and O–H groups in total. The van der Waals surface area contributed by atoms with Crippen molar-refractivity contribution in [2.45, 2.75) is 18.9 Å². The van der Waals surface area contributed by atoms with Crippen LogP contribution in [-0.4, -0.2) is 90.7 Å². The van der Waals surface area contributed by atoms with Crippen molar-refractivity contribution >= 4 is 27.4 Å². The first kappa shape index (κ1) is 25.2. The summed E-state index contributed by atoms with van der Waals surface area (Å²) in [7, 11) is -2.28. The Hall–Kier alpha value is -3.44. The zero-order valence-electron chi connectivity index (χ0n) is 21.5. The first-order valence-corrected chi connectivity index (χ1v) is 14.0. The molecule has 0 saturated carbocycles. The van der Waals surface area contributed by atoms with Crippen molar-refractivity contribution in [3.63, 3.8) is 0 Å². The number of nitrogens with zero attached hydrogens (tertiary/aromatic N) is 7. The number of piperazine rings is 2. The molecule has 2 saturated heterocycles. The number of aromatic nitrogens is 3. The minimum absolute atomic E-state index is 0.130. The summed E-state index contributed by atoms with van der Waals surface area (Å²) in [6.07, 6.45) is 3.27. The van der Waals surface area contributed by atoms with Crippen molar-refractivity contribution in [3.05, 3.63) is 65.5 Å². The Bertz CT molecular complexity index is 1370. The molecule has 0 unspecified atom stereocenters. The van der Waals surface area contributed by atoms with Gasteiger partial charge in [0.2, 0.25) is 5.03 Å². The molecule has 196 valence electrons. The number of pyridine rings is 1. The number of aryl methyl sites for hydroxylation is 3. The van der Waals surface area contributed by atoms with Crippen LogP contribution in [-0.2, 0) is 17.1 Å². The SMILES string of the molecule is Cc1ccc(C)c(N2CCN(S(=O)(=O)c3nn(C)cc3C(=O)N3CCN(c4ccccn4)CC3)CC2)c1. The molecular formula is C26H33N7O3S. The number of carbonyl (C=O) groups is 1. The van der Waals surface area contributed by atoms with Crippen LogP contribution < -0.4 is 9.80 Å². The highest BCUT2D eigenvalue weighted by Crippen LogP contribution is 2.26. The Morgan fingerprint density at radius 1 is 0.892 bits per heavy atom. The monoisotopic (exact) mass is 523 g/mol. The molecule has 4 heterocycles. The molecular weight excluding hydrogens is 490 g/mol. The fourth-order valence-electron chi connectivity index (χ4n) is 5.01. The lowest BCUT2D eigenvalue weighted by molar-refractivity contribution is 0.0742. The van der Waals surface area contributed by atoms with Crippen LogP contribution in [0.25, 0.3) is 0 Å². The van der Waals surface area contributed by atoms with Gasteiger partial charge in [0, 0.05) is 77.5 Å². The highest BCUT2D eigenvalue weighted by molar-refractivity contribution is 7.89. The Morgan fingerprint density at radius 3 is 2.27 bits per heavy atom. The predicted octanol–water partition coefficient (Wildman–Crippen LogP) is 1.91. The highest BCUT2D eigenvalue weighted by atomic mass is 32.2. The number of rotatable bonds is 5. The van der Waals surface area contributed by atoms with Gasteiger partial charge in [-0.15, -0.1) is 0 Å². The molecule has 5 rings (SSSR count). The maximum absolute atomic E-state index is 13.7. The quantitative estimate of drug-likeness (QED) is 0.504. The lowest BCUT2D eigenvalue weighted by Crippen LogP contribution is -2.50. The van der Waals surface area contributed by atoms with Gasteiger partial charge in [0.25, 0.3) is 15.9 Å². The zero-order valence-corrected chi connectivity index (χ0v) is 22.4. The van der Waals surface area contributed by atoms with Gasteiger partial charge in [-0.25, -0.2) is 13.4 Å². The molecule has 0 aliphatic carbocycles. The van der Waals surface area contributed by atoms with Gasteiger partial charge in [-0.2, -0.15) is 9.40 Å². The van der Waals surface area contributed by atoms with Gasteiger partial charge in [-0.1, -0.05) is 18.2 Å². The van der Waals surface area contributed by atoms with E-state index in [0.29, 0.717) is 52.4 Å². The third-order valence-electron chi connectivity index (χ3n) is 7.09. The van der Waals surface area contributed by atoms with Crippen LogP contribution in [0.15, 0.2) is 53.8 Å². The van der Waals surface area contributed by atoms with E-state index in [9.17, 15) is 13.2 Å². The molecule has 2 aromatic heterocycles. The zero-order chi connectivity index (χ0) is 26.2. The second kappa shape index (κ2) is 10.1. The summed E-state index contributed by atoms with van der Waals surface area (Å²) in [6.45, 7) is 8.19. The second-order valence-electron chi connectivity index (χ2n) is 9.67. The maximum Gasteiger partial charge on any atom is 0.263 e. The first-order chi connectivity index (χ1) is 17.7. The van der Waals surface area contributed by atoms with Gasteiger partial charge >= 0.3 is 0 Å². The van der Waals surface area contributed by atoms with Gasteiger partial charge in [-0.05, 0) is 43.2 Å². The van der Waals surface area contributed by atoms with E-state index in [2.05, 4.69) is 51.9 Å². The van der Waals surface area contributed by atoms with E-state index in [1.54, 1.807) is 18.1 Å². The summed E-state index contributed by atoms with van der Waals surface area (Å²) in [4.78, 5) is 23.9.